The molecule has 0 saturated heterocycles. The molecule has 9 heteroatoms. The van der Waals surface area contributed by atoms with Crippen molar-refractivity contribution in [1.82, 2.24) is 9.78 Å². The average Bonchev–Trinajstić information content (AvgIpc) is 3.28. The number of nitrogens with zero attached hydrogens (tertiary/aromatic N) is 2. The van der Waals surface area contributed by atoms with Gasteiger partial charge in [0.2, 0.25) is 0 Å². The standard InChI is InChI=1S/C23H20N4O4S/c1-31-20-11-9-18(10-12-20)26-32(29,30)21-13-7-17(8-14-21)23(28)24-22-15-16-27(25-22)19-5-3-2-4-6-19/h2-16,26H,1H3,(H,24,25,28). The van der Waals surface area contributed by atoms with Gasteiger partial charge in [-0.1, -0.05) is 18.2 Å². The quantitative estimate of drug-likeness (QED) is 0.446. The van der Waals surface area contributed by atoms with Crippen LogP contribution in [0.15, 0.2) is 96.0 Å². The number of aromatic nitrogens is 2. The third-order valence-corrected chi connectivity index (χ3v) is 6.02. The van der Waals surface area contributed by atoms with Gasteiger partial charge in [0.1, 0.15) is 5.75 Å². The van der Waals surface area contributed by atoms with E-state index in [4.69, 9.17) is 4.74 Å². The number of hydrogen-bond donors (Lipinski definition) is 2. The van der Waals surface area contributed by atoms with Crippen molar-refractivity contribution in [3.8, 4) is 11.4 Å². The maximum absolute atomic E-state index is 12.6. The van der Waals surface area contributed by atoms with Gasteiger partial charge in [0, 0.05) is 23.5 Å². The molecule has 0 aliphatic carbocycles. The molecule has 0 aliphatic heterocycles. The molecule has 8 nitrogen and oxygen atoms in total. The summed E-state index contributed by atoms with van der Waals surface area (Å²) in [5, 5.41) is 7.04. The van der Waals surface area contributed by atoms with E-state index in [1.807, 2.05) is 30.3 Å². The summed E-state index contributed by atoms with van der Waals surface area (Å²) in [6.07, 6.45) is 1.74. The van der Waals surface area contributed by atoms with Gasteiger partial charge >= 0.3 is 0 Å². The SMILES string of the molecule is COc1ccc(NS(=O)(=O)c2ccc(C(=O)Nc3ccn(-c4ccccc4)n3)cc2)cc1. The number of anilines is 2. The topological polar surface area (TPSA) is 102 Å². The van der Waals surface area contributed by atoms with Gasteiger partial charge in [-0.15, -0.1) is 0 Å². The maximum atomic E-state index is 12.6. The third-order valence-electron chi connectivity index (χ3n) is 4.62. The molecular formula is C23H20N4O4S. The van der Waals surface area contributed by atoms with E-state index in [9.17, 15) is 13.2 Å². The molecular weight excluding hydrogens is 428 g/mol. The molecule has 0 fully saturated rings. The summed E-state index contributed by atoms with van der Waals surface area (Å²) in [5.74, 6) is 0.615. The van der Waals surface area contributed by atoms with Crippen molar-refractivity contribution in [3.63, 3.8) is 0 Å². The van der Waals surface area contributed by atoms with Crippen molar-refractivity contribution in [2.24, 2.45) is 0 Å². The van der Waals surface area contributed by atoms with Crippen molar-refractivity contribution in [2.75, 3.05) is 17.1 Å². The highest BCUT2D eigenvalue weighted by Gasteiger charge is 2.16. The van der Waals surface area contributed by atoms with E-state index in [1.165, 1.54) is 31.4 Å². The molecule has 0 spiro atoms. The van der Waals surface area contributed by atoms with E-state index in [1.54, 1.807) is 41.2 Å². The Morgan fingerprint density at radius 2 is 1.59 bits per heavy atom. The molecule has 4 rings (SSSR count). The van der Waals surface area contributed by atoms with Gasteiger partial charge < -0.3 is 10.1 Å². The van der Waals surface area contributed by atoms with Gasteiger partial charge in [0.15, 0.2) is 5.82 Å². The van der Waals surface area contributed by atoms with Crippen LogP contribution in [0.3, 0.4) is 0 Å². The lowest BCUT2D eigenvalue weighted by atomic mass is 10.2. The summed E-state index contributed by atoms with van der Waals surface area (Å²) in [7, 11) is -2.27. The Balaban J connectivity index is 1.43. The first-order chi connectivity index (χ1) is 15.4. The number of rotatable bonds is 7. The zero-order valence-corrected chi connectivity index (χ0v) is 17.9. The lowest BCUT2D eigenvalue weighted by Crippen LogP contribution is -2.15. The Bertz CT molecular complexity index is 1320. The number of sulfonamides is 1. The van der Waals surface area contributed by atoms with Crippen LogP contribution in [-0.2, 0) is 10.0 Å². The predicted octanol–water partition coefficient (Wildman–Crippen LogP) is 3.93. The first kappa shape index (κ1) is 21.1. The molecule has 0 bridgehead atoms. The van der Waals surface area contributed by atoms with Crippen LogP contribution in [-0.4, -0.2) is 31.2 Å². The summed E-state index contributed by atoms with van der Waals surface area (Å²) in [5.41, 5.74) is 1.58. The minimum atomic E-state index is -3.80. The smallest absolute Gasteiger partial charge is 0.261 e. The van der Waals surface area contributed by atoms with Crippen molar-refractivity contribution in [2.45, 2.75) is 4.90 Å². The molecule has 2 N–H and O–H groups in total. The van der Waals surface area contributed by atoms with Crippen LogP contribution >= 0.6 is 0 Å². The van der Waals surface area contributed by atoms with E-state index in [0.29, 0.717) is 22.8 Å². The van der Waals surface area contributed by atoms with E-state index >= 15 is 0 Å². The van der Waals surface area contributed by atoms with E-state index < -0.39 is 15.9 Å². The second-order valence-electron chi connectivity index (χ2n) is 6.79. The number of carbonyl (C=O) groups is 1. The Morgan fingerprint density at radius 3 is 2.25 bits per heavy atom. The highest BCUT2D eigenvalue weighted by atomic mass is 32.2. The first-order valence-corrected chi connectivity index (χ1v) is 11.1. The van der Waals surface area contributed by atoms with Crippen molar-refractivity contribution < 1.29 is 17.9 Å². The van der Waals surface area contributed by atoms with Gasteiger partial charge in [-0.05, 0) is 60.7 Å². The van der Waals surface area contributed by atoms with Gasteiger partial charge in [-0.25, -0.2) is 13.1 Å². The van der Waals surface area contributed by atoms with Crippen molar-refractivity contribution in [3.05, 3.63) is 96.7 Å². The van der Waals surface area contributed by atoms with Gasteiger partial charge in [-0.2, -0.15) is 5.10 Å². The summed E-state index contributed by atoms with van der Waals surface area (Å²) in [6, 6.07) is 23.4. The van der Waals surface area contributed by atoms with Gasteiger partial charge in [-0.3, -0.25) is 9.52 Å². The number of carbonyl (C=O) groups excluding carboxylic acids is 1. The maximum Gasteiger partial charge on any atom is 0.261 e. The second-order valence-corrected chi connectivity index (χ2v) is 8.48. The normalized spacial score (nSPS) is 11.0. The highest BCUT2D eigenvalue weighted by Crippen LogP contribution is 2.20. The number of hydrogen-bond acceptors (Lipinski definition) is 5. The number of amides is 1. The van der Waals surface area contributed by atoms with Gasteiger partial charge in [0.05, 0.1) is 17.7 Å². The fourth-order valence-electron chi connectivity index (χ4n) is 2.96. The van der Waals surface area contributed by atoms with E-state index in [2.05, 4.69) is 15.1 Å². The Morgan fingerprint density at radius 1 is 0.906 bits per heavy atom. The lowest BCUT2D eigenvalue weighted by Gasteiger charge is -2.09. The highest BCUT2D eigenvalue weighted by molar-refractivity contribution is 7.92. The van der Waals surface area contributed by atoms with Crippen LogP contribution in [0.25, 0.3) is 5.69 Å². The minimum absolute atomic E-state index is 0.0400. The second kappa shape index (κ2) is 8.94. The van der Waals surface area contributed by atoms with Crippen LogP contribution in [0.1, 0.15) is 10.4 Å². The Labute approximate surface area is 185 Å². The van der Waals surface area contributed by atoms with Crippen molar-refractivity contribution in [1.29, 1.82) is 0 Å². The summed E-state index contributed by atoms with van der Waals surface area (Å²) in [6.45, 7) is 0. The molecule has 0 radical (unpaired) electrons. The van der Waals surface area contributed by atoms with Gasteiger partial charge in [0.25, 0.3) is 15.9 Å². The molecule has 1 amide bonds. The average molecular weight is 449 g/mol. The number of benzene rings is 3. The first-order valence-electron chi connectivity index (χ1n) is 9.64. The summed E-state index contributed by atoms with van der Waals surface area (Å²) >= 11 is 0. The molecule has 0 unspecified atom stereocenters. The van der Waals surface area contributed by atoms with Crippen LogP contribution < -0.4 is 14.8 Å². The molecule has 4 aromatic rings. The minimum Gasteiger partial charge on any atom is -0.497 e. The molecule has 0 atom stereocenters. The fourth-order valence-corrected chi connectivity index (χ4v) is 4.02. The van der Waals surface area contributed by atoms with E-state index in [-0.39, 0.29) is 4.90 Å². The molecule has 32 heavy (non-hydrogen) atoms. The molecule has 0 saturated carbocycles. The number of ether oxygens (including phenoxy) is 1. The number of para-hydroxylation sites is 1. The lowest BCUT2D eigenvalue weighted by molar-refractivity contribution is 0.102. The monoisotopic (exact) mass is 448 g/mol. The molecule has 3 aromatic carbocycles. The Kier molecular flexibility index (Phi) is 5.91. The van der Waals surface area contributed by atoms with E-state index in [0.717, 1.165) is 5.69 Å². The Hall–Kier alpha value is -4.11. The largest absolute Gasteiger partial charge is 0.497 e. The third kappa shape index (κ3) is 4.79. The van der Waals surface area contributed by atoms with Crippen LogP contribution in [0.5, 0.6) is 5.75 Å². The number of nitrogens with one attached hydrogen (secondary N) is 2. The zero-order chi connectivity index (χ0) is 22.6. The van der Waals surface area contributed by atoms with Crippen molar-refractivity contribution >= 4 is 27.4 Å². The summed E-state index contributed by atoms with van der Waals surface area (Å²) in [4.78, 5) is 12.6. The fraction of sp³-hybridized carbons (Fsp3) is 0.0435. The van der Waals surface area contributed by atoms with Crippen LogP contribution in [0.2, 0.25) is 0 Å². The predicted molar refractivity (Wildman–Crippen MR) is 122 cm³/mol. The molecule has 1 heterocycles. The molecule has 0 aliphatic rings. The van der Waals surface area contributed by atoms with Crippen LogP contribution in [0, 0.1) is 0 Å². The molecule has 162 valence electrons. The molecule has 1 aromatic heterocycles. The number of methoxy groups -OCH3 is 1. The summed E-state index contributed by atoms with van der Waals surface area (Å²) < 4.78 is 34.4. The van der Waals surface area contributed by atoms with Crippen LogP contribution in [0.4, 0.5) is 11.5 Å². The zero-order valence-electron chi connectivity index (χ0n) is 17.1.